The highest BCUT2D eigenvalue weighted by molar-refractivity contribution is 5.48. The van der Waals surface area contributed by atoms with E-state index in [9.17, 15) is 4.39 Å². The second kappa shape index (κ2) is 6.44. The minimum atomic E-state index is -0.178. The number of fused-ring (bicyclic) bond motifs is 3. The topological polar surface area (TPSA) is 38.5 Å². The zero-order valence-corrected chi connectivity index (χ0v) is 13.7. The Morgan fingerprint density at radius 3 is 2.42 bits per heavy atom. The molecular formula is C20H23FN2O. The Bertz CT molecular complexity index is 686. The number of anilines is 1. The Morgan fingerprint density at radius 1 is 1.04 bits per heavy atom. The third-order valence-corrected chi connectivity index (χ3v) is 5.38. The Kier molecular flexibility index (Phi) is 4.15. The molecule has 2 aromatic carbocycles. The van der Waals surface area contributed by atoms with Gasteiger partial charge in [0.25, 0.3) is 0 Å². The summed E-state index contributed by atoms with van der Waals surface area (Å²) in [7, 11) is 0. The molecule has 2 heterocycles. The summed E-state index contributed by atoms with van der Waals surface area (Å²) in [5, 5.41) is 0. The van der Waals surface area contributed by atoms with Crippen LogP contribution in [0.5, 0.6) is 5.75 Å². The summed E-state index contributed by atoms with van der Waals surface area (Å²) in [5.41, 5.74) is 7.89. The third-order valence-electron chi connectivity index (χ3n) is 5.38. The van der Waals surface area contributed by atoms with Gasteiger partial charge in [0.05, 0.1) is 0 Å². The zero-order chi connectivity index (χ0) is 16.5. The second-order valence-electron chi connectivity index (χ2n) is 6.86. The van der Waals surface area contributed by atoms with Crippen molar-refractivity contribution in [2.75, 3.05) is 11.4 Å². The predicted molar refractivity (Wildman–Crippen MR) is 93.6 cm³/mol. The van der Waals surface area contributed by atoms with Gasteiger partial charge in [-0.05, 0) is 54.8 Å². The van der Waals surface area contributed by atoms with Gasteiger partial charge in [0.2, 0.25) is 0 Å². The summed E-state index contributed by atoms with van der Waals surface area (Å²) in [5.74, 6) is 1.27. The van der Waals surface area contributed by atoms with E-state index in [4.69, 9.17) is 10.5 Å². The van der Waals surface area contributed by atoms with Gasteiger partial charge in [-0.1, -0.05) is 12.1 Å². The lowest BCUT2D eigenvalue weighted by Gasteiger charge is -2.50. The molecule has 1 aliphatic carbocycles. The van der Waals surface area contributed by atoms with Crippen LogP contribution in [0.25, 0.3) is 0 Å². The molecule has 2 aliphatic heterocycles. The van der Waals surface area contributed by atoms with Crippen molar-refractivity contribution in [1.82, 2.24) is 0 Å². The van der Waals surface area contributed by atoms with Gasteiger partial charge in [0.1, 0.15) is 17.7 Å². The minimum absolute atomic E-state index is 0.178. The van der Waals surface area contributed by atoms with Crippen molar-refractivity contribution in [3.05, 3.63) is 59.9 Å². The van der Waals surface area contributed by atoms with E-state index in [-0.39, 0.29) is 11.9 Å². The molecule has 5 rings (SSSR count). The lowest BCUT2D eigenvalue weighted by Crippen LogP contribution is -2.55. The molecule has 3 atom stereocenters. The Balaban J connectivity index is 1.45. The molecule has 2 saturated heterocycles. The lowest BCUT2D eigenvalue weighted by atomic mass is 9.77. The van der Waals surface area contributed by atoms with Gasteiger partial charge in [-0.25, -0.2) is 4.39 Å². The van der Waals surface area contributed by atoms with Gasteiger partial charge in [-0.15, -0.1) is 0 Å². The molecule has 0 amide bonds. The number of piperidine rings is 2. The van der Waals surface area contributed by atoms with E-state index in [1.165, 1.54) is 12.8 Å². The second-order valence-corrected chi connectivity index (χ2v) is 6.86. The van der Waals surface area contributed by atoms with Crippen LogP contribution in [0.1, 0.15) is 24.8 Å². The molecule has 3 unspecified atom stereocenters. The van der Waals surface area contributed by atoms with E-state index in [0.717, 1.165) is 30.0 Å². The van der Waals surface area contributed by atoms with E-state index in [1.807, 2.05) is 36.4 Å². The van der Waals surface area contributed by atoms with Crippen molar-refractivity contribution in [3.63, 3.8) is 0 Å². The van der Waals surface area contributed by atoms with Gasteiger partial charge >= 0.3 is 0 Å². The van der Waals surface area contributed by atoms with Gasteiger partial charge in [-0.3, -0.25) is 0 Å². The fourth-order valence-electron chi connectivity index (χ4n) is 4.04. The number of hydrogen-bond donors (Lipinski definition) is 1. The van der Waals surface area contributed by atoms with Crippen molar-refractivity contribution in [2.24, 2.45) is 11.7 Å². The Hall–Kier alpha value is -2.07. The third kappa shape index (κ3) is 2.98. The number of halogens is 1. The molecule has 24 heavy (non-hydrogen) atoms. The van der Waals surface area contributed by atoms with Crippen LogP contribution in [-0.4, -0.2) is 18.7 Å². The van der Waals surface area contributed by atoms with E-state index >= 15 is 0 Å². The first-order chi connectivity index (χ1) is 11.7. The van der Waals surface area contributed by atoms with Crippen molar-refractivity contribution < 1.29 is 9.13 Å². The molecular weight excluding hydrogens is 303 g/mol. The number of hydrogen-bond acceptors (Lipinski definition) is 3. The van der Waals surface area contributed by atoms with Crippen LogP contribution in [0.2, 0.25) is 0 Å². The first kappa shape index (κ1) is 15.5. The molecule has 2 aromatic rings. The molecule has 2 N–H and O–H groups in total. The maximum Gasteiger partial charge on any atom is 0.123 e. The van der Waals surface area contributed by atoms with Crippen molar-refractivity contribution in [1.29, 1.82) is 0 Å². The maximum absolute atomic E-state index is 13.2. The van der Waals surface area contributed by atoms with Crippen molar-refractivity contribution in [3.8, 4) is 5.75 Å². The number of nitrogens with zero attached hydrogens (tertiary/aromatic N) is 1. The molecule has 4 heteroatoms. The maximum atomic E-state index is 13.2. The molecule has 3 nitrogen and oxygen atoms in total. The highest BCUT2D eigenvalue weighted by Gasteiger charge is 2.41. The van der Waals surface area contributed by atoms with Crippen LogP contribution >= 0.6 is 0 Å². The zero-order valence-electron chi connectivity index (χ0n) is 13.7. The summed E-state index contributed by atoms with van der Waals surface area (Å²) < 4.78 is 19.4. The number of ether oxygens (including phenoxy) is 1. The summed E-state index contributed by atoms with van der Waals surface area (Å²) in [4.78, 5) is 2.42. The minimum Gasteiger partial charge on any atom is -0.490 e. The van der Waals surface area contributed by atoms with Crippen LogP contribution in [0.4, 0.5) is 10.1 Å². The predicted octanol–water partition coefficient (Wildman–Crippen LogP) is 3.72. The first-order valence-corrected chi connectivity index (χ1v) is 8.71. The average molecular weight is 326 g/mol. The number of nitrogens with two attached hydrogens (primary N) is 1. The molecule has 0 radical (unpaired) electrons. The molecule has 3 fully saturated rings. The average Bonchev–Trinajstić information content (AvgIpc) is 2.63. The molecule has 0 aromatic heterocycles. The SMILES string of the molecule is NCc1ccc(OC2CC3CCC2CN3c2ccc(F)cc2)cc1. The molecule has 1 saturated carbocycles. The van der Waals surface area contributed by atoms with E-state index in [0.29, 0.717) is 18.5 Å². The van der Waals surface area contributed by atoms with Crippen molar-refractivity contribution >= 4 is 5.69 Å². The fraction of sp³-hybridized carbons (Fsp3) is 0.400. The summed E-state index contributed by atoms with van der Waals surface area (Å²) >= 11 is 0. The van der Waals surface area contributed by atoms with Gasteiger partial charge in [0.15, 0.2) is 0 Å². The molecule has 0 spiro atoms. The van der Waals surface area contributed by atoms with E-state index in [1.54, 1.807) is 12.1 Å². The Labute approximate surface area is 142 Å². The first-order valence-electron chi connectivity index (χ1n) is 8.71. The largest absolute Gasteiger partial charge is 0.490 e. The summed E-state index contributed by atoms with van der Waals surface area (Å²) in [6, 6.07) is 15.4. The highest BCUT2D eigenvalue weighted by atomic mass is 19.1. The smallest absolute Gasteiger partial charge is 0.123 e. The quantitative estimate of drug-likeness (QED) is 0.930. The van der Waals surface area contributed by atoms with Crippen LogP contribution < -0.4 is 15.4 Å². The van der Waals surface area contributed by atoms with Crippen molar-refractivity contribution in [2.45, 2.75) is 38.0 Å². The van der Waals surface area contributed by atoms with Crippen LogP contribution in [-0.2, 0) is 6.54 Å². The van der Waals surface area contributed by atoms with Gasteiger partial charge < -0.3 is 15.4 Å². The fourth-order valence-corrected chi connectivity index (χ4v) is 4.04. The van der Waals surface area contributed by atoms with Crippen LogP contribution in [0.3, 0.4) is 0 Å². The summed E-state index contributed by atoms with van der Waals surface area (Å²) in [6.07, 6.45) is 3.69. The van der Waals surface area contributed by atoms with Gasteiger partial charge in [0, 0.05) is 37.2 Å². The molecule has 2 bridgehead atoms. The highest BCUT2D eigenvalue weighted by Crippen LogP contribution is 2.39. The lowest BCUT2D eigenvalue weighted by molar-refractivity contribution is 0.0572. The summed E-state index contributed by atoms with van der Waals surface area (Å²) in [6.45, 7) is 1.54. The number of benzene rings is 2. The van der Waals surface area contributed by atoms with E-state index in [2.05, 4.69) is 4.90 Å². The molecule has 3 aliphatic rings. The monoisotopic (exact) mass is 326 g/mol. The Morgan fingerprint density at radius 2 is 1.79 bits per heavy atom. The molecule has 126 valence electrons. The normalized spacial score (nSPS) is 25.8. The van der Waals surface area contributed by atoms with Crippen LogP contribution in [0.15, 0.2) is 48.5 Å². The van der Waals surface area contributed by atoms with Gasteiger partial charge in [-0.2, -0.15) is 0 Å². The number of rotatable bonds is 4. The van der Waals surface area contributed by atoms with E-state index < -0.39 is 0 Å². The van der Waals surface area contributed by atoms with Crippen LogP contribution in [0, 0.1) is 11.7 Å². The standard InChI is InChI=1S/C20H23FN2O/c21-16-4-7-17(8-5-16)23-13-15-3-6-18(23)11-20(15)24-19-9-1-14(12-22)2-10-19/h1-2,4-5,7-10,15,18,20H,3,6,11-13,22H2.